The normalized spacial score (nSPS) is 20.2. The molecule has 3 rings (SSSR count). The van der Waals surface area contributed by atoms with Crippen molar-refractivity contribution in [1.82, 2.24) is 25.1 Å². The minimum Gasteiger partial charge on any atom is -0.354 e. The molecule has 1 saturated heterocycles. The van der Waals surface area contributed by atoms with Crippen LogP contribution in [0, 0.1) is 0 Å². The largest absolute Gasteiger partial charge is 0.354 e. The van der Waals surface area contributed by atoms with Crippen LogP contribution in [0.15, 0.2) is 23.5 Å². The van der Waals surface area contributed by atoms with Crippen molar-refractivity contribution in [3.8, 4) is 0 Å². The smallest absolute Gasteiger partial charge is 0.225 e. The number of hydrogen-bond acceptors (Lipinski definition) is 5. The molecule has 2 aliphatic rings. The summed E-state index contributed by atoms with van der Waals surface area (Å²) >= 11 is 0. The standard InChI is InChI=1S/C18H31N7.HI/c1-19-16(22-15-18(23(2)3)7-4-5-8-18)24-11-13-25(14-12-24)17-20-9-6-10-21-17;/h6,9-10H,4-5,7-8,11-15H2,1-3H3,(H,19,22);1H. The van der Waals surface area contributed by atoms with E-state index in [1.165, 1.54) is 25.7 Å². The minimum absolute atomic E-state index is 0. The molecule has 0 aromatic carbocycles. The Balaban J connectivity index is 0.00000243. The summed E-state index contributed by atoms with van der Waals surface area (Å²) in [7, 11) is 6.29. The fourth-order valence-corrected chi connectivity index (χ4v) is 3.96. The molecule has 0 spiro atoms. The Hall–Kier alpha value is -1.16. The number of guanidine groups is 1. The minimum atomic E-state index is 0. The van der Waals surface area contributed by atoms with Crippen molar-refractivity contribution in [2.45, 2.75) is 31.2 Å². The molecule has 0 radical (unpaired) electrons. The molecular formula is C18H32IN7. The van der Waals surface area contributed by atoms with Crippen molar-refractivity contribution in [3.05, 3.63) is 18.5 Å². The van der Waals surface area contributed by atoms with Gasteiger partial charge in [0.15, 0.2) is 5.96 Å². The lowest BCUT2D eigenvalue weighted by molar-refractivity contribution is 0.159. The fourth-order valence-electron chi connectivity index (χ4n) is 3.96. The fraction of sp³-hybridized carbons (Fsp3) is 0.722. The van der Waals surface area contributed by atoms with E-state index in [0.29, 0.717) is 0 Å². The Morgan fingerprint density at radius 1 is 1.15 bits per heavy atom. The van der Waals surface area contributed by atoms with Gasteiger partial charge in [0.25, 0.3) is 0 Å². The highest BCUT2D eigenvalue weighted by molar-refractivity contribution is 14.0. The number of anilines is 1. The summed E-state index contributed by atoms with van der Waals surface area (Å²) in [5, 5.41) is 3.64. The van der Waals surface area contributed by atoms with Crippen LogP contribution in [0.3, 0.4) is 0 Å². The Morgan fingerprint density at radius 3 is 2.31 bits per heavy atom. The van der Waals surface area contributed by atoms with E-state index in [4.69, 9.17) is 0 Å². The topological polar surface area (TPSA) is 59.9 Å². The first kappa shape index (κ1) is 21.1. The van der Waals surface area contributed by atoms with E-state index in [0.717, 1.165) is 44.6 Å². The predicted molar refractivity (Wildman–Crippen MR) is 117 cm³/mol. The molecule has 7 nitrogen and oxygen atoms in total. The summed E-state index contributed by atoms with van der Waals surface area (Å²) < 4.78 is 0. The van der Waals surface area contributed by atoms with Gasteiger partial charge in [0.2, 0.25) is 5.95 Å². The van der Waals surface area contributed by atoms with Crippen LogP contribution in [-0.4, -0.2) is 85.1 Å². The molecule has 26 heavy (non-hydrogen) atoms. The van der Waals surface area contributed by atoms with E-state index in [1.807, 2.05) is 13.1 Å². The van der Waals surface area contributed by atoms with Crippen LogP contribution in [0.2, 0.25) is 0 Å². The van der Waals surface area contributed by atoms with Crippen molar-refractivity contribution >= 4 is 35.9 Å². The van der Waals surface area contributed by atoms with Crippen LogP contribution in [-0.2, 0) is 0 Å². The molecule has 0 unspecified atom stereocenters. The number of likely N-dealkylation sites (N-methyl/N-ethyl adjacent to an activating group) is 1. The Kier molecular flexibility index (Phi) is 7.87. The number of hydrogen-bond donors (Lipinski definition) is 1. The molecule has 8 heteroatoms. The number of aromatic nitrogens is 2. The summed E-state index contributed by atoms with van der Waals surface area (Å²) in [6.07, 6.45) is 8.80. The number of nitrogens with one attached hydrogen (secondary N) is 1. The van der Waals surface area contributed by atoms with E-state index >= 15 is 0 Å². The molecule has 1 aromatic rings. The summed E-state index contributed by atoms with van der Waals surface area (Å²) in [5.74, 6) is 1.84. The summed E-state index contributed by atoms with van der Waals surface area (Å²) in [4.78, 5) is 20.2. The quantitative estimate of drug-likeness (QED) is 0.408. The van der Waals surface area contributed by atoms with Gasteiger partial charge in [0.1, 0.15) is 0 Å². The summed E-state index contributed by atoms with van der Waals surface area (Å²) in [5.41, 5.74) is 0.273. The Bertz CT molecular complexity index is 564. The highest BCUT2D eigenvalue weighted by Gasteiger charge is 2.36. The molecule has 1 N–H and O–H groups in total. The number of halogens is 1. The molecule has 0 atom stereocenters. The second-order valence-corrected chi connectivity index (χ2v) is 7.25. The third-order valence-electron chi connectivity index (χ3n) is 5.68. The molecule has 1 aromatic heterocycles. The zero-order valence-electron chi connectivity index (χ0n) is 16.2. The molecular weight excluding hydrogens is 441 g/mol. The number of rotatable bonds is 4. The second-order valence-electron chi connectivity index (χ2n) is 7.25. The maximum atomic E-state index is 4.52. The molecule has 1 saturated carbocycles. The third-order valence-corrected chi connectivity index (χ3v) is 5.68. The number of nitrogens with zero attached hydrogens (tertiary/aromatic N) is 6. The monoisotopic (exact) mass is 473 g/mol. The summed E-state index contributed by atoms with van der Waals surface area (Å²) in [6, 6.07) is 1.86. The van der Waals surface area contributed by atoms with Crippen LogP contribution in [0.4, 0.5) is 5.95 Å². The lowest BCUT2D eigenvalue weighted by Crippen LogP contribution is -2.57. The first-order valence-corrected chi connectivity index (χ1v) is 9.30. The molecule has 1 aliphatic heterocycles. The molecule has 1 aliphatic carbocycles. The maximum Gasteiger partial charge on any atom is 0.225 e. The van der Waals surface area contributed by atoms with Crippen molar-refractivity contribution in [2.75, 3.05) is 58.8 Å². The van der Waals surface area contributed by atoms with Gasteiger partial charge in [0.05, 0.1) is 0 Å². The second kappa shape index (κ2) is 9.68. The highest BCUT2D eigenvalue weighted by Crippen LogP contribution is 2.33. The van der Waals surface area contributed by atoms with Gasteiger partial charge in [-0.25, -0.2) is 9.97 Å². The molecule has 2 fully saturated rings. The molecule has 2 heterocycles. The van der Waals surface area contributed by atoms with Crippen molar-refractivity contribution in [2.24, 2.45) is 4.99 Å². The van der Waals surface area contributed by atoms with Crippen molar-refractivity contribution < 1.29 is 0 Å². The van der Waals surface area contributed by atoms with Gasteiger partial charge in [0, 0.05) is 57.7 Å². The molecule has 0 bridgehead atoms. The lowest BCUT2D eigenvalue weighted by atomic mass is 9.96. The van der Waals surface area contributed by atoms with Crippen LogP contribution in [0.25, 0.3) is 0 Å². The van der Waals surface area contributed by atoms with Crippen LogP contribution < -0.4 is 10.2 Å². The van der Waals surface area contributed by atoms with Gasteiger partial charge in [-0.15, -0.1) is 24.0 Å². The zero-order chi connectivity index (χ0) is 17.7. The van der Waals surface area contributed by atoms with E-state index in [1.54, 1.807) is 12.4 Å². The van der Waals surface area contributed by atoms with Crippen molar-refractivity contribution in [1.29, 1.82) is 0 Å². The van der Waals surface area contributed by atoms with Gasteiger partial charge in [-0.1, -0.05) is 12.8 Å². The van der Waals surface area contributed by atoms with Crippen LogP contribution >= 0.6 is 24.0 Å². The van der Waals surface area contributed by atoms with Crippen LogP contribution in [0.5, 0.6) is 0 Å². The van der Waals surface area contributed by atoms with Gasteiger partial charge in [-0.3, -0.25) is 4.99 Å². The van der Waals surface area contributed by atoms with Gasteiger partial charge in [-0.2, -0.15) is 0 Å². The van der Waals surface area contributed by atoms with Crippen molar-refractivity contribution in [3.63, 3.8) is 0 Å². The van der Waals surface area contributed by atoms with E-state index < -0.39 is 0 Å². The first-order valence-electron chi connectivity index (χ1n) is 9.30. The Morgan fingerprint density at radius 2 is 1.77 bits per heavy atom. The average molecular weight is 473 g/mol. The van der Waals surface area contributed by atoms with E-state index in [2.05, 4.69) is 49.1 Å². The number of piperazine rings is 1. The zero-order valence-corrected chi connectivity index (χ0v) is 18.5. The van der Waals surface area contributed by atoms with E-state index in [-0.39, 0.29) is 29.5 Å². The average Bonchev–Trinajstić information content (AvgIpc) is 3.14. The summed E-state index contributed by atoms with van der Waals surface area (Å²) in [6.45, 7) is 4.68. The molecule has 0 amide bonds. The first-order chi connectivity index (χ1) is 12.1. The SMILES string of the molecule is CN=C(NCC1(N(C)C)CCCC1)N1CCN(c2ncccn2)CC1.I. The number of aliphatic imine (C=N–C) groups is 1. The van der Waals surface area contributed by atoms with E-state index in [9.17, 15) is 0 Å². The molecule has 146 valence electrons. The third kappa shape index (κ3) is 4.76. The maximum absolute atomic E-state index is 4.52. The van der Waals surface area contributed by atoms with Gasteiger partial charge < -0.3 is 20.0 Å². The Labute approximate surface area is 174 Å². The van der Waals surface area contributed by atoms with Gasteiger partial charge >= 0.3 is 0 Å². The predicted octanol–water partition coefficient (Wildman–Crippen LogP) is 1.67. The van der Waals surface area contributed by atoms with Gasteiger partial charge in [-0.05, 0) is 33.0 Å². The lowest BCUT2D eigenvalue weighted by Gasteiger charge is -2.40. The highest BCUT2D eigenvalue weighted by atomic mass is 127. The van der Waals surface area contributed by atoms with Crippen LogP contribution in [0.1, 0.15) is 25.7 Å².